The van der Waals surface area contributed by atoms with Gasteiger partial charge in [-0.3, -0.25) is 4.79 Å². The summed E-state index contributed by atoms with van der Waals surface area (Å²) in [5.41, 5.74) is 13.2. The minimum atomic E-state index is -1.16. The second kappa shape index (κ2) is 7.13. The number of hydrogen-bond donors (Lipinski definition) is 3. The van der Waals surface area contributed by atoms with Crippen molar-refractivity contribution in [2.24, 2.45) is 10.9 Å². The van der Waals surface area contributed by atoms with E-state index in [0.29, 0.717) is 22.0 Å². The number of carbonyl (C=O) groups is 1. The molecule has 0 bridgehead atoms. The van der Waals surface area contributed by atoms with Crippen LogP contribution in [0.15, 0.2) is 53.7 Å². The van der Waals surface area contributed by atoms with Gasteiger partial charge < -0.3 is 21.6 Å². The summed E-state index contributed by atoms with van der Waals surface area (Å²) in [4.78, 5) is 13.9. The first-order valence-corrected chi connectivity index (χ1v) is 7.19. The summed E-state index contributed by atoms with van der Waals surface area (Å²) in [7, 11) is 1.58. The van der Waals surface area contributed by atoms with E-state index in [1.807, 2.05) is 0 Å². The second-order valence-electron chi connectivity index (χ2n) is 4.93. The first kappa shape index (κ1) is 16.8. The van der Waals surface area contributed by atoms with E-state index in [-0.39, 0.29) is 5.71 Å². The van der Waals surface area contributed by atoms with Gasteiger partial charge in [0.15, 0.2) is 0 Å². The van der Waals surface area contributed by atoms with Gasteiger partial charge in [0.2, 0.25) is 5.91 Å². The molecule has 6 nitrogen and oxygen atoms in total. The van der Waals surface area contributed by atoms with Crippen molar-refractivity contribution >= 4 is 34.6 Å². The zero-order chi connectivity index (χ0) is 17.0. The molecule has 1 atom stereocenters. The number of rotatable bonds is 4. The summed E-state index contributed by atoms with van der Waals surface area (Å²) in [5.74, 6) is -0.442. The molecule has 0 saturated carbocycles. The van der Waals surface area contributed by atoms with Crippen LogP contribution in [0.25, 0.3) is 0 Å². The lowest BCUT2D eigenvalue weighted by atomic mass is 10.0. The fourth-order valence-corrected chi connectivity index (χ4v) is 2.34. The van der Waals surface area contributed by atoms with Gasteiger partial charge in [0.05, 0.1) is 0 Å². The summed E-state index contributed by atoms with van der Waals surface area (Å²) in [5, 5.41) is 12.8. The Labute approximate surface area is 138 Å². The third-order valence-corrected chi connectivity index (χ3v) is 3.76. The van der Waals surface area contributed by atoms with Crippen LogP contribution in [0.2, 0.25) is 5.02 Å². The molecule has 0 aromatic heterocycles. The molecule has 2 aromatic carbocycles. The molecule has 0 aliphatic carbocycles. The molecule has 120 valence electrons. The Hall–Kier alpha value is -2.57. The van der Waals surface area contributed by atoms with Crippen molar-refractivity contribution in [1.29, 1.82) is 0 Å². The van der Waals surface area contributed by atoms with Crippen molar-refractivity contribution in [2.75, 3.05) is 17.7 Å². The number of carbonyl (C=O) groups excluding carboxylic acids is 1. The Kier molecular flexibility index (Phi) is 5.20. The van der Waals surface area contributed by atoms with Crippen LogP contribution in [0.3, 0.4) is 0 Å². The van der Waals surface area contributed by atoms with Crippen molar-refractivity contribution in [3.8, 4) is 0 Å². The highest BCUT2D eigenvalue weighted by molar-refractivity contribution is 6.35. The number of nitrogens with zero attached hydrogens (tertiary/aromatic N) is 2. The van der Waals surface area contributed by atoms with E-state index in [2.05, 4.69) is 5.16 Å². The molecule has 0 fully saturated rings. The van der Waals surface area contributed by atoms with Crippen LogP contribution in [0.5, 0.6) is 0 Å². The number of anilines is 2. The average Bonchev–Trinajstić information content (AvgIpc) is 2.56. The van der Waals surface area contributed by atoms with Crippen LogP contribution < -0.4 is 16.4 Å². The van der Waals surface area contributed by atoms with Gasteiger partial charge in [-0.1, -0.05) is 35.0 Å². The van der Waals surface area contributed by atoms with Gasteiger partial charge in [0.1, 0.15) is 11.8 Å². The zero-order valence-corrected chi connectivity index (χ0v) is 13.2. The van der Waals surface area contributed by atoms with E-state index in [1.165, 1.54) is 4.90 Å². The molecule has 1 unspecified atom stereocenters. The van der Waals surface area contributed by atoms with Crippen molar-refractivity contribution < 1.29 is 10.0 Å². The van der Waals surface area contributed by atoms with Crippen LogP contribution >= 0.6 is 11.6 Å². The van der Waals surface area contributed by atoms with Gasteiger partial charge in [-0.2, -0.15) is 0 Å². The summed E-state index contributed by atoms with van der Waals surface area (Å²) in [6, 6.07) is 12.3. The molecule has 0 radical (unpaired) electrons. The maximum Gasteiger partial charge on any atom is 0.250 e. The van der Waals surface area contributed by atoms with Gasteiger partial charge in [-0.05, 0) is 30.3 Å². The van der Waals surface area contributed by atoms with Crippen LogP contribution in [0.1, 0.15) is 5.56 Å². The van der Waals surface area contributed by atoms with E-state index in [0.717, 1.165) is 0 Å². The number of halogens is 1. The Morgan fingerprint density at radius 3 is 2.39 bits per heavy atom. The largest absolute Gasteiger partial charge is 0.411 e. The molecule has 2 rings (SSSR count). The summed E-state index contributed by atoms with van der Waals surface area (Å²) >= 11 is 6.07. The highest BCUT2D eigenvalue weighted by Crippen LogP contribution is 2.20. The molecule has 2 aromatic rings. The number of likely N-dealkylation sites (N-methyl/N-ethyl adjacent to an activating group) is 1. The average molecular weight is 333 g/mol. The molecule has 5 N–H and O–H groups in total. The Morgan fingerprint density at radius 1 is 1.22 bits per heavy atom. The monoisotopic (exact) mass is 332 g/mol. The fraction of sp³-hybridized carbons (Fsp3) is 0.125. The topological polar surface area (TPSA) is 105 Å². The zero-order valence-electron chi connectivity index (χ0n) is 12.5. The van der Waals surface area contributed by atoms with Crippen LogP contribution in [-0.4, -0.2) is 29.9 Å². The predicted octanol–water partition coefficient (Wildman–Crippen LogP) is 2.09. The van der Waals surface area contributed by atoms with Crippen molar-refractivity contribution in [1.82, 2.24) is 0 Å². The molecular weight excluding hydrogens is 316 g/mol. The minimum Gasteiger partial charge on any atom is -0.411 e. The molecule has 0 heterocycles. The number of hydrogen-bond acceptors (Lipinski definition) is 5. The first-order valence-electron chi connectivity index (χ1n) is 6.81. The highest BCUT2D eigenvalue weighted by Gasteiger charge is 2.27. The Bertz CT molecular complexity index is 731. The molecule has 0 aliphatic heterocycles. The Morgan fingerprint density at radius 2 is 1.83 bits per heavy atom. The highest BCUT2D eigenvalue weighted by atomic mass is 35.5. The molecule has 0 saturated heterocycles. The van der Waals surface area contributed by atoms with Crippen molar-refractivity contribution in [3.63, 3.8) is 0 Å². The predicted molar refractivity (Wildman–Crippen MR) is 92.0 cm³/mol. The number of nitrogens with two attached hydrogens (primary N) is 2. The normalized spacial score (nSPS) is 12.7. The van der Waals surface area contributed by atoms with Gasteiger partial charge in [-0.15, -0.1) is 0 Å². The van der Waals surface area contributed by atoms with E-state index in [4.69, 9.17) is 23.1 Å². The first-order chi connectivity index (χ1) is 11.0. The third kappa shape index (κ3) is 3.61. The third-order valence-electron chi connectivity index (χ3n) is 3.43. The van der Waals surface area contributed by atoms with Crippen molar-refractivity contribution in [3.05, 3.63) is 59.1 Å². The molecule has 23 heavy (non-hydrogen) atoms. The molecule has 0 aliphatic rings. The quantitative estimate of drug-likeness (QED) is 0.345. The van der Waals surface area contributed by atoms with E-state index >= 15 is 0 Å². The number of nitrogen functional groups attached to an aromatic ring is 1. The minimum absolute atomic E-state index is 0.00268. The lowest BCUT2D eigenvalue weighted by molar-refractivity contribution is -0.118. The van der Waals surface area contributed by atoms with Gasteiger partial charge in [0.25, 0.3) is 0 Å². The van der Waals surface area contributed by atoms with E-state index in [9.17, 15) is 10.0 Å². The smallest absolute Gasteiger partial charge is 0.250 e. The SMILES string of the molecule is CN(C(=O)C(N)C(=NO)c1ccccc1Cl)c1ccc(N)cc1. The molecule has 7 heteroatoms. The van der Waals surface area contributed by atoms with Gasteiger partial charge in [-0.25, -0.2) is 0 Å². The summed E-state index contributed by atoms with van der Waals surface area (Å²) < 4.78 is 0. The summed E-state index contributed by atoms with van der Waals surface area (Å²) in [6.45, 7) is 0. The lowest BCUT2D eigenvalue weighted by Gasteiger charge is -2.22. The molecule has 0 spiro atoms. The second-order valence-corrected chi connectivity index (χ2v) is 5.34. The number of amides is 1. The summed E-state index contributed by atoms with van der Waals surface area (Å²) in [6.07, 6.45) is 0. The van der Waals surface area contributed by atoms with Gasteiger partial charge in [0, 0.05) is 29.0 Å². The fourth-order valence-electron chi connectivity index (χ4n) is 2.10. The standard InChI is InChI=1S/C16H17ClN4O2/c1-21(11-8-6-10(18)7-9-11)16(22)14(19)15(20-23)12-4-2-3-5-13(12)17/h2-9,14,23H,18-19H2,1H3. The maximum absolute atomic E-state index is 12.5. The lowest BCUT2D eigenvalue weighted by Crippen LogP contribution is -2.47. The Balaban J connectivity index is 2.27. The molecular formula is C16H17ClN4O2. The maximum atomic E-state index is 12.5. The molecule has 1 amide bonds. The van der Waals surface area contributed by atoms with Gasteiger partial charge >= 0.3 is 0 Å². The van der Waals surface area contributed by atoms with Crippen molar-refractivity contribution in [2.45, 2.75) is 6.04 Å². The van der Waals surface area contributed by atoms with Crippen LogP contribution in [0.4, 0.5) is 11.4 Å². The van der Waals surface area contributed by atoms with E-state index in [1.54, 1.807) is 55.6 Å². The number of benzene rings is 2. The van der Waals surface area contributed by atoms with E-state index < -0.39 is 11.9 Å². The number of oxime groups is 1. The van der Waals surface area contributed by atoms with Crippen LogP contribution in [0, 0.1) is 0 Å². The van der Waals surface area contributed by atoms with Crippen LogP contribution in [-0.2, 0) is 4.79 Å².